The molecule has 0 aromatic heterocycles. The number of likely N-dealkylation sites (tertiary alicyclic amines) is 1. The number of nitrogens with one attached hydrogen (secondary N) is 2. The molecule has 1 atom stereocenters. The van der Waals surface area contributed by atoms with E-state index in [1.54, 1.807) is 13.2 Å². The van der Waals surface area contributed by atoms with Crippen LogP contribution in [-0.2, 0) is 4.79 Å². The van der Waals surface area contributed by atoms with Crippen LogP contribution in [0.4, 0.5) is 0 Å². The number of aryl methyl sites for hydroxylation is 1. The van der Waals surface area contributed by atoms with Gasteiger partial charge in [-0.25, -0.2) is 0 Å². The number of ether oxygens (including phenoxy) is 1. The Labute approximate surface area is 172 Å². The second-order valence-corrected chi connectivity index (χ2v) is 7.30. The molecule has 2 amide bonds. The van der Waals surface area contributed by atoms with Crippen LogP contribution in [0.3, 0.4) is 0 Å². The zero-order valence-corrected chi connectivity index (χ0v) is 17.1. The summed E-state index contributed by atoms with van der Waals surface area (Å²) < 4.78 is 5.54. The Bertz CT molecular complexity index is 847. The van der Waals surface area contributed by atoms with Crippen LogP contribution in [0.15, 0.2) is 48.5 Å². The van der Waals surface area contributed by atoms with Crippen molar-refractivity contribution >= 4 is 11.8 Å². The van der Waals surface area contributed by atoms with E-state index in [0.717, 1.165) is 42.8 Å². The Morgan fingerprint density at radius 2 is 1.72 bits per heavy atom. The van der Waals surface area contributed by atoms with Gasteiger partial charge >= 0.3 is 0 Å². The molecule has 2 N–H and O–H groups in total. The standard InChI is InChI=1S/C23H29N3O3/c1-17-9-3-4-10-18(17)23(28)25-16-22(27)24-15-20(26-13-7-8-14-26)19-11-5-6-12-21(19)29-2/h3-6,9-12,20H,7-8,13-16H2,1-2H3,(H,24,27)(H,25,28). The van der Waals surface area contributed by atoms with Crippen molar-refractivity contribution in [2.24, 2.45) is 0 Å². The van der Waals surface area contributed by atoms with Crippen LogP contribution in [0.5, 0.6) is 5.75 Å². The monoisotopic (exact) mass is 395 g/mol. The van der Waals surface area contributed by atoms with Crippen molar-refractivity contribution in [1.82, 2.24) is 15.5 Å². The van der Waals surface area contributed by atoms with E-state index >= 15 is 0 Å². The van der Waals surface area contributed by atoms with Gasteiger partial charge < -0.3 is 15.4 Å². The maximum Gasteiger partial charge on any atom is 0.251 e. The number of nitrogens with zero attached hydrogens (tertiary/aromatic N) is 1. The van der Waals surface area contributed by atoms with E-state index in [0.29, 0.717) is 12.1 Å². The van der Waals surface area contributed by atoms with Gasteiger partial charge in [0, 0.05) is 17.7 Å². The van der Waals surface area contributed by atoms with Crippen molar-refractivity contribution in [3.63, 3.8) is 0 Å². The summed E-state index contributed by atoms with van der Waals surface area (Å²) in [6, 6.07) is 15.3. The van der Waals surface area contributed by atoms with Crippen LogP contribution >= 0.6 is 0 Å². The van der Waals surface area contributed by atoms with Crippen LogP contribution in [0.1, 0.15) is 40.4 Å². The lowest BCUT2D eigenvalue weighted by molar-refractivity contribution is -0.120. The van der Waals surface area contributed by atoms with Gasteiger partial charge in [0.1, 0.15) is 5.75 Å². The number of benzene rings is 2. The minimum absolute atomic E-state index is 0.0460. The lowest BCUT2D eigenvalue weighted by Gasteiger charge is -2.29. The maximum atomic E-state index is 12.4. The molecule has 0 bridgehead atoms. The van der Waals surface area contributed by atoms with Crippen molar-refractivity contribution in [3.05, 3.63) is 65.2 Å². The predicted molar refractivity (Wildman–Crippen MR) is 113 cm³/mol. The second-order valence-electron chi connectivity index (χ2n) is 7.30. The summed E-state index contributed by atoms with van der Waals surface area (Å²) in [5, 5.41) is 5.69. The highest BCUT2D eigenvalue weighted by molar-refractivity contribution is 5.97. The van der Waals surface area contributed by atoms with Gasteiger partial charge in [0.15, 0.2) is 0 Å². The normalized spacial score (nSPS) is 15.0. The second kappa shape index (κ2) is 10.1. The summed E-state index contributed by atoms with van der Waals surface area (Å²) in [5.74, 6) is 0.386. The van der Waals surface area contributed by atoms with Crippen molar-refractivity contribution in [2.75, 3.05) is 33.3 Å². The minimum atomic E-state index is -0.237. The summed E-state index contributed by atoms with van der Waals surface area (Å²) in [4.78, 5) is 27.1. The van der Waals surface area contributed by atoms with Gasteiger partial charge in [0.25, 0.3) is 5.91 Å². The van der Waals surface area contributed by atoms with Crippen molar-refractivity contribution in [1.29, 1.82) is 0 Å². The van der Waals surface area contributed by atoms with Crippen LogP contribution in [0.25, 0.3) is 0 Å². The molecule has 6 heteroatoms. The first-order chi connectivity index (χ1) is 14.1. The number of hydrogen-bond acceptors (Lipinski definition) is 4. The maximum absolute atomic E-state index is 12.4. The smallest absolute Gasteiger partial charge is 0.251 e. The van der Waals surface area contributed by atoms with E-state index < -0.39 is 0 Å². The molecule has 6 nitrogen and oxygen atoms in total. The fourth-order valence-corrected chi connectivity index (χ4v) is 3.79. The first kappa shape index (κ1) is 20.9. The van der Waals surface area contributed by atoms with Crippen molar-refractivity contribution in [2.45, 2.75) is 25.8 Å². The fraction of sp³-hybridized carbons (Fsp3) is 0.391. The Morgan fingerprint density at radius 3 is 2.45 bits per heavy atom. The number of methoxy groups -OCH3 is 1. The Hall–Kier alpha value is -2.86. The third-order valence-electron chi connectivity index (χ3n) is 5.37. The van der Waals surface area contributed by atoms with Crippen LogP contribution in [-0.4, -0.2) is 50.0 Å². The first-order valence-electron chi connectivity index (χ1n) is 10.1. The molecule has 2 aromatic rings. The summed E-state index contributed by atoms with van der Waals surface area (Å²) in [6.07, 6.45) is 2.32. The van der Waals surface area contributed by atoms with Gasteiger partial charge in [-0.2, -0.15) is 0 Å². The molecule has 1 fully saturated rings. The van der Waals surface area contributed by atoms with Gasteiger partial charge in [-0.15, -0.1) is 0 Å². The number of hydrogen-bond donors (Lipinski definition) is 2. The minimum Gasteiger partial charge on any atom is -0.496 e. The molecule has 0 saturated carbocycles. The first-order valence-corrected chi connectivity index (χ1v) is 10.1. The van der Waals surface area contributed by atoms with E-state index in [1.807, 2.05) is 49.4 Å². The zero-order valence-electron chi connectivity index (χ0n) is 17.1. The van der Waals surface area contributed by atoms with E-state index in [1.165, 1.54) is 0 Å². The summed E-state index contributed by atoms with van der Waals surface area (Å²) in [7, 11) is 1.67. The molecular weight excluding hydrogens is 366 g/mol. The van der Waals surface area contributed by atoms with Crippen molar-refractivity contribution in [3.8, 4) is 5.75 Å². The molecule has 29 heavy (non-hydrogen) atoms. The lowest BCUT2D eigenvalue weighted by atomic mass is 10.0. The summed E-state index contributed by atoms with van der Waals surface area (Å²) >= 11 is 0. The largest absolute Gasteiger partial charge is 0.496 e. The van der Waals surface area contributed by atoms with Gasteiger partial charge in [-0.05, 0) is 50.6 Å². The molecule has 1 saturated heterocycles. The Morgan fingerprint density at radius 1 is 1.03 bits per heavy atom. The molecule has 0 aliphatic carbocycles. The Balaban J connectivity index is 1.60. The van der Waals surface area contributed by atoms with Crippen LogP contribution in [0.2, 0.25) is 0 Å². The van der Waals surface area contributed by atoms with Crippen molar-refractivity contribution < 1.29 is 14.3 Å². The van der Waals surface area contributed by atoms with E-state index in [9.17, 15) is 9.59 Å². The molecule has 1 unspecified atom stereocenters. The third kappa shape index (κ3) is 5.35. The number of amides is 2. The van der Waals surface area contributed by atoms with Gasteiger partial charge in [-0.1, -0.05) is 36.4 Å². The van der Waals surface area contributed by atoms with E-state index in [4.69, 9.17) is 4.74 Å². The number of carbonyl (C=O) groups is 2. The lowest BCUT2D eigenvalue weighted by Crippen LogP contribution is -2.41. The number of para-hydroxylation sites is 1. The zero-order chi connectivity index (χ0) is 20.6. The topological polar surface area (TPSA) is 70.7 Å². The highest BCUT2D eigenvalue weighted by atomic mass is 16.5. The molecule has 0 radical (unpaired) electrons. The molecule has 0 spiro atoms. The highest BCUT2D eigenvalue weighted by Crippen LogP contribution is 2.31. The molecule has 1 aliphatic heterocycles. The Kier molecular flexibility index (Phi) is 7.25. The molecule has 3 rings (SSSR count). The SMILES string of the molecule is COc1ccccc1C(CNC(=O)CNC(=O)c1ccccc1C)N1CCCC1. The van der Waals surface area contributed by atoms with Gasteiger partial charge in [0.05, 0.1) is 19.7 Å². The summed E-state index contributed by atoms with van der Waals surface area (Å²) in [5.41, 5.74) is 2.54. The van der Waals surface area contributed by atoms with Gasteiger partial charge in [0.2, 0.25) is 5.91 Å². The molecule has 2 aromatic carbocycles. The predicted octanol–water partition coefficient (Wildman–Crippen LogP) is 2.69. The third-order valence-corrected chi connectivity index (χ3v) is 5.37. The molecule has 1 heterocycles. The number of carbonyl (C=O) groups excluding carboxylic acids is 2. The van der Waals surface area contributed by atoms with Crippen LogP contribution < -0.4 is 15.4 Å². The number of rotatable bonds is 8. The van der Waals surface area contributed by atoms with E-state index in [-0.39, 0.29) is 24.4 Å². The van der Waals surface area contributed by atoms with Gasteiger partial charge in [-0.3, -0.25) is 14.5 Å². The molecular formula is C23H29N3O3. The fourth-order valence-electron chi connectivity index (χ4n) is 3.79. The average molecular weight is 396 g/mol. The average Bonchev–Trinajstić information content (AvgIpc) is 3.27. The quantitative estimate of drug-likeness (QED) is 0.721. The van der Waals surface area contributed by atoms with E-state index in [2.05, 4.69) is 15.5 Å². The summed E-state index contributed by atoms with van der Waals surface area (Å²) in [6.45, 7) is 4.30. The van der Waals surface area contributed by atoms with Crippen LogP contribution in [0, 0.1) is 6.92 Å². The highest BCUT2D eigenvalue weighted by Gasteiger charge is 2.26. The molecule has 154 valence electrons. The molecule has 1 aliphatic rings.